The quantitative estimate of drug-likeness (QED) is 0.905. The highest BCUT2D eigenvalue weighted by Gasteiger charge is 2.25. The van der Waals surface area contributed by atoms with E-state index in [0.29, 0.717) is 17.9 Å². The number of hydrogen-bond acceptors (Lipinski definition) is 4. The summed E-state index contributed by atoms with van der Waals surface area (Å²) in [7, 11) is -2.74. The largest absolute Gasteiger partial charge is 0.495 e. The third-order valence-electron chi connectivity index (χ3n) is 4.03. The maximum atomic E-state index is 13.5. The van der Waals surface area contributed by atoms with Crippen LogP contribution >= 0.6 is 0 Å². The zero-order valence-corrected chi connectivity index (χ0v) is 14.6. The Labute approximate surface area is 145 Å². The van der Waals surface area contributed by atoms with Crippen molar-refractivity contribution in [2.24, 2.45) is 0 Å². The first kappa shape index (κ1) is 17.2. The molecule has 1 aliphatic rings. The SMILES string of the molecule is COc1ccc(F)cc1S(=O)(=O)Nc1ccc2c(c1)N(C(C)=O)CC2. The monoisotopic (exact) mass is 364 g/mol. The number of hydrogen-bond donors (Lipinski definition) is 1. The first-order chi connectivity index (χ1) is 11.8. The third-order valence-corrected chi connectivity index (χ3v) is 5.43. The van der Waals surface area contributed by atoms with Crippen LogP contribution in [0.1, 0.15) is 12.5 Å². The minimum absolute atomic E-state index is 0.0421. The summed E-state index contributed by atoms with van der Waals surface area (Å²) in [6.45, 7) is 2.03. The number of benzene rings is 2. The summed E-state index contributed by atoms with van der Waals surface area (Å²) < 4.78 is 46.1. The molecule has 1 aliphatic heterocycles. The lowest BCUT2D eigenvalue weighted by molar-refractivity contribution is -0.116. The van der Waals surface area contributed by atoms with E-state index in [1.54, 1.807) is 23.1 Å². The molecule has 25 heavy (non-hydrogen) atoms. The van der Waals surface area contributed by atoms with Crippen molar-refractivity contribution in [2.75, 3.05) is 23.3 Å². The van der Waals surface area contributed by atoms with E-state index >= 15 is 0 Å². The number of amides is 1. The second-order valence-corrected chi connectivity index (χ2v) is 7.32. The number of anilines is 2. The van der Waals surface area contributed by atoms with Gasteiger partial charge in [-0.25, -0.2) is 12.8 Å². The predicted molar refractivity (Wildman–Crippen MR) is 91.9 cm³/mol. The highest BCUT2D eigenvalue weighted by atomic mass is 32.2. The number of nitrogens with zero attached hydrogens (tertiary/aromatic N) is 1. The molecule has 0 unspecified atom stereocenters. The molecule has 0 bridgehead atoms. The summed E-state index contributed by atoms with van der Waals surface area (Å²) in [5.41, 5.74) is 1.94. The first-order valence-corrected chi connectivity index (χ1v) is 9.07. The summed E-state index contributed by atoms with van der Waals surface area (Å²) in [4.78, 5) is 13.0. The number of methoxy groups -OCH3 is 1. The molecule has 1 amide bonds. The van der Waals surface area contributed by atoms with E-state index in [4.69, 9.17) is 4.74 Å². The van der Waals surface area contributed by atoms with Crippen LogP contribution in [-0.2, 0) is 21.2 Å². The average molecular weight is 364 g/mol. The smallest absolute Gasteiger partial charge is 0.265 e. The summed E-state index contributed by atoms with van der Waals surface area (Å²) in [6, 6.07) is 8.27. The molecule has 0 aromatic heterocycles. The number of carbonyl (C=O) groups is 1. The fraction of sp³-hybridized carbons (Fsp3) is 0.235. The van der Waals surface area contributed by atoms with Gasteiger partial charge in [0.05, 0.1) is 12.8 Å². The van der Waals surface area contributed by atoms with Gasteiger partial charge < -0.3 is 9.64 Å². The molecule has 3 rings (SSSR count). The van der Waals surface area contributed by atoms with E-state index in [-0.39, 0.29) is 16.6 Å². The number of fused-ring (bicyclic) bond motifs is 1. The van der Waals surface area contributed by atoms with E-state index in [9.17, 15) is 17.6 Å². The van der Waals surface area contributed by atoms with Gasteiger partial charge in [0.2, 0.25) is 5.91 Å². The van der Waals surface area contributed by atoms with E-state index < -0.39 is 15.8 Å². The van der Waals surface area contributed by atoms with Gasteiger partial charge in [-0.05, 0) is 42.3 Å². The Morgan fingerprint density at radius 3 is 2.68 bits per heavy atom. The molecule has 2 aromatic rings. The van der Waals surface area contributed by atoms with E-state index in [1.165, 1.54) is 20.1 Å². The van der Waals surface area contributed by atoms with E-state index in [2.05, 4.69) is 4.72 Å². The fourth-order valence-electron chi connectivity index (χ4n) is 2.84. The van der Waals surface area contributed by atoms with Crippen LogP contribution in [0.25, 0.3) is 0 Å². The second-order valence-electron chi connectivity index (χ2n) is 5.66. The first-order valence-electron chi connectivity index (χ1n) is 7.59. The van der Waals surface area contributed by atoms with Gasteiger partial charge in [0.25, 0.3) is 10.0 Å². The van der Waals surface area contributed by atoms with Gasteiger partial charge in [-0.3, -0.25) is 9.52 Å². The molecule has 0 aliphatic carbocycles. The Kier molecular flexibility index (Phi) is 4.38. The summed E-state index contributed by atoms with van der Waals surface area (Å²) in [5, 5.41) is 0. The molecule has 1 heterocycles. The lowest BCUT2D eigenvalue weighted by atomic mass is 10.1. The molecule has 0 radical (unpaired) electrons. The van der Waals surface area contributed by atoms with Gasteiger partial charge in [0, 0.05) is 19.2 Å². The molecule has 2 aromatic carbocycles. The van der Waals surface area contributed by atoms with Crippen molar-refractivity contribution >= 4 is 27.3 Å². The Bertz CT molecular complexity index is 944. The predicted octanol–water partition coefficient (Wildman–Crippen LogP) is 2.54. The molecule has 0 atom stereocenters. The number of sulfonamides is 1. The normalized spacial score (nSPS) is 13.5. The van der Waals surface area contributed by atoms with Crippen molar-refractivity contribution in [3.8, 4) is 5.75 Å². The van der Waals surface area contributed by atoms with Gasteiger partial charge in [-0.15, -0.1) is 0 Å². The standard InChI is InChI=1S/C17H17FN2O4S/c1-11(21)20-8-7-12-3-5-14(10-15(12)20)19-25(22,23)17-9-13(18)4-6-16(17)24-2/h3-6,9-10,19H,7-8H2,1-2H3. The Hall–Kier alpha value is -2.61. The highest BCUT2D eigenvalue weighted by Crippen LogP contribution is 2.32. The van der Waals surface area contributed by atoms with E-state index in [0.717, 1.165) is 24.1 Å². The maximum absolute atomic E-state index is 13.5. The lowest BCUT2D eigenvalue weighted by Crippen LogP contribution is -2.25. The van der Waals surface area contributed by atoms with Crippen molar-refractivity contribution in [1.29, 1.82) is 0 Å². The van der Waals surface area contributed by atoms with Gasteiger partial charge in [0.1, 0.15) is 16.5 Å². The Morgan fingerprint density at radius 1 is 1.24 bits per heavy atom. The highest BCUT2D eigenvalue weighted by molar-refractivity contribution is 7.92. The minimum Gasteiger partial charge on any atom is -0.495 e. The summed E-state index contributed by atoms with van der Waals surface area (Å²) in [5.74, 6) is -0.746. The van der Waals surface area contributed by atoms with Crippen molar-refractivity contribution in [1.82, 2.24) is 0 Å². The Balaban J connectivity index is 1.96. The zero-order valence-electron chi connectivity index (χ0n) is 13.7. The van der Waals surface area contributed by atoms with Crippen LogP contribution in [0.4, 0.5) is 15.8 Å². The van der Waals surface area contributed by atoms with Crippen molar-refractivity contribution in [2.45, 2.75) is 18.2 Å². The number of halogens is 1. The molecule has 0 fully saturated rings. The molecule has 0 spiro atoms. The molecule has 8 heteroatoms. The van der Waals surface area contributed by atoms with Gasteiger partial charge in [-0.2, -0.15) is 0 Å². The lowest BCUT2D eigenvalue weighted by Gasteiger charge is -2.16. The molecular formula is C17H17FN2O4S. The van der Waals surface area contributed by atoms with Crippen LogP contribution in [0.3, 0.4) is 0 Å². The third kappa shape index (κ3) is 3.30. The number of ether oxygens (including phenoxy) is 1. The maximum Gasteiger partial charge on any atom is 0.265 e. The second kappa shape index (κ2) is 6.36. The molecular weight excluding hydrogens is 347 g/mol. The topological polar surface area (TPSA) is 75.7 Å². The molecule has 0 saturated heterocycles. The number of rotatable bonds is 4. The minimum atomic E-state index is -4.05. The van der Waals surface area contributed by atoms with Crippen molar-refractivity contribution in [3.63, 3.8) is 0 Å². The fourth-order valence-corrected chi connectivity index (χ4v) is 4.07. The summed E-state index contributed by atoms with van der Waals surface area (Å²) >= 11 is 0. The molecule has 1 N–H and O–H groups in total. The average Bonchev–Trinajstić information content (AvgIpc) is 2.97. The van der Waals surface area contributed by atoms with Gasteiger partial charge in [0.15, 0.2) is 0 Å². The summed E-state index contributed by atoms with van der Waals surface area (Å²) in [6.07, 6.45) is 0.722. The van der Waals surface area contributed by atoms with Crippen LogP contribution in [-0.4, -0.2) is 28.0 Å². The number of carbonyl (C=O) groups excluding carboxylic acids is 1. The molecule has 132 valence electrons. The Morgan fingerprint density at radius 2 is 2.00 bits per heavy atom. The van der Waals surface area contributed by atoms with Crippen molar-refractivity contribution in [3.05, 3.63) is 47.8 Å². The molecule has 0 saturated carbocycles. The van der Waals surface area contributed by atoms with Crippen LogP contribution in [0.2, 0.25) is 0 Å². The number of nitrogens with one attached hydrogen (secondary N) is 1. The van der Waals surface area contributed by atoms with Crippen LogP contribution in [0.15, 0.2) is 41.3 Å². The van der Waals surface area contributed by atoms with E-state index in [1.807, 2.05) is 0 Å². The van der Waals surface area contributed by atoms with Crippen LogP contribution in [0.5, 0.6) is 5.75 Å². The zero-order chi connectivity index (χ0) is 18.2. The van der Waals surface area contributed by atoms with Gasteiger partial charge in [-0.1, -0.05) is 6.07 Å². The van der Waals surface area contributed by atoms with Crippen LogP contribution < -0.4 is 14.4 Å². The van der Waals surface area contributed by atoms with Gasteiger partial charge >= 0.3 is 0 Å². The van der Waals surface area contributed by atoms with Crippen LogP contribution in [0, 0.1) is 5.82 Å². The molecule has 6 nitrogen and oxygen atoms in total. The van der Waals surface area contributed by atoms with Crippen molar-refractivity contribution < 1.29 is 22.3 Å².